The Labute approximate surface area is 154 Å². The molecule has 1 fully saturated rings. The molecule has 0 spiro atoms. The molecule has 8 heteroatoms. The number of carbonyl (C=O) groups excluding carboxylic acids is 2. The number of hydrogen-bond acceptors (Lipinski definition) is 4. The average molecular weight is 375 g/mol. The summed E-state index contributed by atoms with van der Waals surface area (Å²) in [7, 11) is 0. The number of carbonyl (C=O) groups is 2. The van der Waals surface area contributed by atoms with E-state index >= 15 is 0 Å². The number of para-hydroxylation sites is 1. The molecule has 1 heterocycles. The molecule has 3 N–H and O–H groups in total. The van der Waals surface area contributed by atoms with Crippen molar-refractivity contribution in [3.05, 3.63) is 42.5 Å². The number of nitrogens with zero attached hydrogens (tertiary/aromatic N) is 2. The fourth-order valence-electron chi connectivity index (χ4n) is 2.42. The van der Waals surface area contributed by atoms with Crippen LogP contribution in [-0.2, 0) is 4.79 Å². The number of amides is 2. The highest BCUT2D eigenvalue weighted by molar-refractivity contribution is 5.99. The molecule has 2 rings (SSSR count). The molecule has 0 aliphatic carbocycles. The summed E-state index contributed by atoms with van der Waals surface area (Å²) in [6.45, 7) is 6.95. The van der Waals surface area contributed by atoms with Crippen LogP contribution in [0.15, 0.2) is 36.9 Å². The lowest BCUT2D eigenvalue weighted by Gasteiger charge is -2.34. The number of nitrogens with two attached hydrogens (primary N) is 1. The molecular formula is C16H24Cl2N4O2. The molecule has 2 amide bonds. The first kappa shape index (κ1) is 22.2. The molecule has 0 radical (unpaired) electrons. The van der Waals surface area contributed by atoms with Gasteiger partial charge in [0.2, 0.25) is 5.91 Å². The van der Waals surface area contributed by atoms with Gasteiger partial charge in [0, 0.05) is 38.4 Å². The van der Waals surface area contributed by atoms with Gasteiger partial charge < -0.3 is 16.0 Å². The number of hydrogen-bond donors (Lipinski definition) is 2. The van der Waals surface area contributed by atoms with Gasteiger partial charge in [-0.05, 0) is 12.1 Å². The number of piperazine rings is 1. The molecule has 1 aliphatic heterocycles. The van der Waals surface area contributed by atoms with Gasteiger partial charge in [0.25, 0.3) is 5.91 Å². The number of anilines is 1. The third kappa shape index (κ3) is 6.03. The van der Waals surface area contributed by atoms with Crippen molar-refractivity contribution in [2.24, 2.45) is 0 Å². The molecule has 1 aliphatic rings. The molecule has 0 unspecified atom stereocenters. The van der Waals surface area contributed by atoms with E-state index in [2.05, 4.69) is 11.9 Å². The van der Waals surface area contributed by atoms with Crippen molar-refractivity contribution in [2.45, 2.75) is 0 Å². The Bertz CT molecular complexity index is 561. The van der Waals surface area contributed by atoms with Crippen LogP contribution >= 0.6 is 24.8 Å². The van der Waals surface area contributed by atoms with Crippen LogP contribution in [-0.4, -0.2) is 60.9 Å². The van der Waals surface area contributed by atoms with Crippen LogP contribution in [0.4, 0.5) is 5.69 Å². The van der Waals surface area contributed by atoms with E-state index in [9.17, 15) is 9.59 Å². The molecule has 0 saturated carbocycles. The van der Waals surface area contributed by atoms with Crippen LogP contribution in [0.3, 0.4) is 0 Å². The molecule has 1 saturated heterocycles. The van der Waals surface area contributed by atoms with Gasteiger partial charge in [-0.2, -0.15) is 0 Å². The Kier molecular flexibility index (Phi) is 10.1. The van der Waals surface area contributed by atoms with Crippen molar-refractivity contribution in [1.29, 1.82) is 0 Å². The summed E-state index contributed by atoms with van der Waals surface area (Å²) in [5.74, 6) is -0.0687. The van der Waals surface area contributed by atoms with Gasteiger partial charge in [-0.3, -0.25) is 14.5 Å². The van der Waals surface area contributed by atoms with E-state index in [1.54, 1.807) is 23.1 Å². The summed E-state index contributed by atoms with van der Waals surface area (Å²) < 4.78 is 0. The second-order valence-electron chi connectivity index (χ2n) is 5.25. The van der Waals surface area contributed by atoms with E-state index in [1.165, 1.54) is 0 Å². The maximum atomic E-state index is 12.4. The third-order valence-electron chi connectivity index (χ3n) is 3.66. The van der Waals surface area contributed by atoms with Crippen molar-refractivity contribution in [3.8, 4) is 0 Å². The first-order valence-corrected chi connectivity index (χ1v) is 7.35. The van der Waals surface area contributed by atoms with Crippen molar-refractivity contribution in [1.82, 2.24) is 15.1 Å². The number of halogens is 2. The minimum absolute atomic E-state index is 0. The number of rotatable bonds is 5. The summed E-state index contributed by atoms with van der Waals surface area (Å²) in [6.07, 6.45) is 1.65. The van der Waals surface area contributed by atoms with Crippen LogP contribution in [0.5, 0.6) is 0 Å². The van der Waals surface area contributed by atoms with E-state index in [-0.39, 0.29) is 36.6 Å². The summed E-state index contributed by atoms with van der Waals surface area (Å²) in [5.41, 5.74) is 6.89. The van der Waals surface area contributed by atoms with Gasteiger partial charge in [0.15, 0.2) is 0 Å². The average Bonchev–Trinajstić information content (AvgIpc) is 2.53. The van der Waals surface area contributed by atoms with Gasteiger partial charge in [-0.25, -0.2) is 0 Å². The first-order valence-electron chi connectivity index (χ1n) is 7.35. The number of benzene rings is 1. The largest absolute Gasteiger partial charge is 0.398 e. The Hall–Kier alpha value is -1.76. The fourth-order valence-corrected chi connectivity index (χ4v) is 2.42. The zero-order chi connectivity index (χ0) is 15.9. The molecule has 1 aromatic carbocycles. The Morgan fingerprint density at radius 3 is 2.38 bits per heavy atom. The Morgan fingerprint density at radius 2 is 1.79 bits per heavy atom. The summed E-state index contributed by atoms with van der Waals surface area (Å²) in [6, 6.07) is 7.09. The van der Waals surface area contributed by atoms with Gasteiger partial charge in [0.05, 0.1) is 12.1 Å². The SMILES string of the molecule is C=CCNC(=O)CN1CCN(C(=O)c2ccccc2N)CC1.Cl.Cl. The highest BCUT2D eigenvalue weighted by Gasteiger charge is 2.24. The molecule has 0 bridgehead atoms. The molecule has 0 aromatic heterocycles. The Morgan fingerprint density at radius 1 is 1.17 bits per heavy atom. The highest BCUT2D eigenvalue weighted by atomic mass is 35.5. The van der Waals surface area contributed by atoms with Crippen LogP contribution in [0.1, 0.15) is 10.4 Å². The van der Waals surface area contributed by atoms with E-state index in [4.69, 9.17) is 5.73 Å². The molecule has 24 heavy (non-hydrogen) atoms. The fraction of sp³-hybridized carbons (Fsp3) is 0.375. The normalized spacial score (nSPS) is 14.1. The second kappa shape index (κ2) is 10.9. The van der Waals surface area contributed by atoms with E-state index in [0.29, 0.717) is 50.5 Å². The number of nitrogen functional groups attached to an aromatic ring is 1. The molecule has 134 valence electrons. The third-order valence-corrected chi connectivity index (χ3v) is 3.66. The zero-order valence-electron chi connectivity index (χ0n) is 13.4. The van der Waals surface area contributed by atoms with Gasteiger partial charge >= 0.3 is 0 Å². The summed E-state index contributed by atoms with van der Waals surface area (Å²) in [4.78, 5) is 27.9. The molecular weight excluding hydrogens is 351 g/mol. The quantitative estimate of drug-likeness (QED) is 0.598. The summed E-state index contributed by atoms with van der Waals surface area (Å²) in [5, 5.41) is 2.75. The van der Waals surface area contributed by atoms with Crippen LogP contribution < -0.4 is 11.1 Å². The van der Waals surface area contributed by atoms with Crippen LogP contribution in [0.25, 0.3) is 0 Å². The highest BCUT2D eigenvalue weighted by Crippen LogP contribution is 2.14. The lowest BCUT2D eigenvalue weighted by Crippen LogP contribution is -2.51. The Balaban J connectivity index is 0.00000264. The van der Waals surface area contributed by atoms with Crippen LogP contribution in [0.2, 0.25) is 0 Å². The molecule has 1 aromatic rings. The van der Waals surface area contributed by atoms with E-state index in [0.717, 1.165) is 0 Å². The van der Waals surface area contributed by atoms with Crippen molar-refractivity contribution in [3.63, 3.8) is 0 Å². The zero-order valence-corrected chi connectivity index (χ0v) is 15.1. The maximum absolute atomic E-state index is 12.4. The predicted molar refractivity (Wildman–Crippen MR) is 101 cm³/mol. The standard InChI is InChI=1S/C16H22N4O2.2ClH/c1-2-7-18-15(21)12-19-8-10-20(11-9-19)16(22)13-5-3-4-6-14(13)17;;/h2-6H,1,7-12,17H2,(H,18,21);2*1H. The lowest BCUT2D eigenvalue weighted by atomic mass is 10.1. The van der Waals surface area contributed by atoms with Crippen LogP contribution in [0, 0.1) is 0 Å². The second-order valence-corrected chi connectivity index (χ2v) is 5.25. The minimum atomic E-state index is -0.0474. The lowest BCUT2D eigenvalue weighted by molar-refractivity contribution is -0.122. The predicted octanol–water partition coefficient (Wildman–Crippen LogP) is 1.17. The number of nitrogens with one attached hydrogen (secondary N) is 1. The molecule has 0 atom stereocenters. The van der Waals surface area contributed by atoms with Gasteiger partial charge in [-0.15, -0.1) is 31.4 Å². The summed E-state index contributed by atoms with van der Waals surface area (Å²) >= 11 is 0. The van der Waals surface area contributed by atoms with E-state index < -0.39 is 0 Å². The minimum Gasteiger partial charge on any atom is -0.398 e. The van der Waals surface area contributed by atoms with Crippen molar-refractivity contribution >= 4 is 42.3 Å². The first-order chi connectivity index (χ1) is 10.6. The maximum Gasteiger partial charge on any atom is 0.256 e. The smallest absolute Gasteiger partial charge is 0.256 e. The van der Waals surface area contributed by atoms with Crippen molar-refractivity contribution < 1.29 is 9.59 Å². The van der Waals surface area contributed by atoms with Crippen molar-refractivity contribution in [2.75, 3.05) is 45.0 Å². The van der Waals surface area contributed by atoms with Gasteiger partial charge in [0.1, 0.15) is 0 Å². The topological polar surface area (TPSA) is 78.7 Å². The molecule has 6 nitrogen and oxygen atoms in total. The van der Waals surface area contributed by atoms with E-state index in [1.807, 2.05) is 17.0 Å². The monoisotopic (exact) mass is 374 g/mol. The van der Waals surface area contributed by atoms with Gasteiger partial charge in [-0.1, -0.05) is 18.2 Å².